The lowest BCUT2D eigenvalue weighted by Gasteiger charge is -2.23. The van der Waals surface area contributed by atoms with E-state index in [0.717, 1.165) is 44.5 Å². The van der Waals surface area contributed by atoms with Crippen molar-refractivity contribution in [2.24, 2.45) is 11.3 Å². The lowest BCUT2D eigenvalue weighted by Crippen LogP contribution is -2.35. The molecule has 1 spiro atoms. The van der Waals surface area contributed by atoms with Crippen LogP contribution >= 0.6 is 0 Å². The van der Waals surface area contributed by atoms with Crippen LogP contribution in [0.2, 0.25) is 0 Å². The Morgan fingerprint density at radius 2 is 1.91 bits per heavy atom. The number of hydrogen-bond donors (Lipinski definition) is 2. The average molecular weight is 340 g/mol. The molecule has 1 heterocycles. The van der Waals surface area contributed by atoms with Crippen LogP contribution in [0.15, 0.2) is 29.2 Å². The van der Waals surface area contributed by atoms with E-state index in [2.05, 4.69) is 10.6 Å². The molecule has 2 fully saturated rings. The van der Waals surface area contributed by atoms with E-state index in [1.54, 1.807) is 0 Å². The van der Waals surface area contributed by atoms with Crippen LogP contribution in [0, 0.1) is 17.2 Å². The molecule has 7 heteroatoms. The van der Waals surface area contributed by atoms with E-state index in [0.29, 0.717) is 0 Å². The van der Waals surface area contributed by atoms with E-state index in [1.807, 2.05) is 0 Å². The number of halogens is 1. The number of amides is 1. The highest BCUT2D eigenvalue weighted by Gasteiger charge is 2.57. The summed E-state index contributed by atoms with van der Waals surface area (Å²) in [6, 6.07) is 4.74. The normalized spacial score (nSPS) is 22.7. The molecule has 0 aromatic heterocycles. The van der Waals surface area contributed by atoms with E-state index < -0.39 is 15.7 Å². The van der Waals surface area contributed by atoms with Gasteiger partial charge in [-0.1, -0.05) is 0 Å². The van der Waals surface area contributed by atoms with Gasteiger partial charge in [0, 0.05) is 12.5 Å². The Labute approximate surface area is 135 Å². The fourth-order valence-electron chi connectivity index (χ4n) is 3.39. The predicted octanol–water partition coefficient (Wildman–Crippen LogP) is 1.11. The molecule has 0 bridgehead atoms. The first-order chi connectivity index (χ1) is 10.9. The third-order valence-electron chi connectivity index (χ3n) is 4.95. The summed E-state index contributed by atoms with van der Waals surface area (Å²) in [5.74, 6) is -0.663. The van der Waals surface area contributed by atoms with Gasteiger partial charge in [0.25, 0.3) is 0 Å². The van der Waals surface area contributed by atoms with E-state index in [9.17, 15) is 17.6 Å². The third kappa shape index (κ3) is 3.55. The minimum Gasteiger partial charge on any atom is -0.355 e. The summed E-state index contributed by atoms with van der Waals surface area (Å²) in [4.78, 5) is 12.2. The molecule has 1 saturated heterocycles. The van der Waals surface area contributed by atoms with Crippen molar-refractivity contribution in [3.63, 3.8) is 0 Å². The number of carbonyl (C=O) groups is 1. The van der Waals surface area contributed by atoms with Crippen LogP contribution in [0.4, 0.5) is 4.39 Å². The van der Waals surface area contributed by atoms with Crippen molar-refractivity contribution in [1.82, 2.24) is 10.6 Å². The summed E-state index contributed by atoms with van der Waals surface area (Å²) in [5.41, 5.74) is 0.144. The van der Waals surface area contributed by atoms with Gasteiger partial charge in [-0.15, -0.1) is 0 Å². The monoisotopic (exact) mass is 340 g/mol. The van der Waals surface area contributed by atoms with Gasteiger partial charge in [0.2, 0.25) is 5.91 Å². The Bertz CT molecular complexity index is 682. The molecule has 126 valence electrons. The van der Waals surface area contributed by atoms with Crippen LogP contribution in [0.3, 0.4) is 0 Å². The molecule has 1 aromatic carbocycles. The Balaban J connectivity index is 1.49. The fourth-order valence-corrected chi connectivity index (χ4v) is 4.54. The molecule has 1 saturated carbocycles. The quantitative estimate of drug-likeness (QED) is 0.787. The van der Waals surface area contributed by atoms with Crippen molar-refractivity contribution in [2.45, 2.75) is 24.2 Å². The number of benzene rings is 1. The van der Waals surface area contributed by atoms with Crippen LogP contribution < -0.4 is 10.6 Å². The molecule has 1 atom stereocenters. The first-order valence-corrected chi connectivity index (χ1v) is 9.55. The van der Waals surface area contributed by atoms with Gasteiger partial charge in [-0.2, -0.15) is 0 Å². The second-order valence-electron chi connectivity index (χ2n) is 6.43. The van der Waals surface area contributed by atoms with Crippen molar-refractivity contribution in [3.8, 4) is 0 Å². The maximum Gasteiger partial charge on any atom is 0.223 e. The Kier molecular flexibility index (Phi) is 4.42. The minimum absolute atomic E-state index is 0.0260. The standard InChI is InChI=1S/C16H21FN2O3S/c17-12-1-3-13(4-2-12)23(21,22)10-9-19-15(20)14-11-16(14)5-7-18-8-6-16/h1-4,14,18H,5-11H2,(H,19,20). The van der Waals surface area contributed by atoms with E-state index in [1.165, 1.54) is 12.1 Å². The van der Waals surface area contributed by atoms with Gasteiger partial charge in [0.15, 0.2) is 9.84 Å². The van der Waals surface area contributed by atoms with Gasteiger partial charge >= 0.3 is 0 Å². The SMILES string of the molecule is O=C(NCCS(=O)(=O)c1ccc(F)cc1)C1CC12CCNCC2. The zero-order valence-corrected chi connectivity index (χ0v) is 13.7. The van der Waals surface area contributed by atoms with Gasteiger partial charge < -0.3 is 10.6 Å². The zero-order valence-electron chi connectivity index (χ0n) is 12.8. The van der Waals surface area contributed by atoms with Crippen LogP contribution in [-0.4, -0.2) is 39.7 Å². The van der Waals surface area contributed by atoms with Gasteiger partial charge in [-0.05, 0) is 62.0 Å². The Morgan fingerprint density at radius 1 is 1.26 bits per heavy atom. The molecule has 23 heavy (non-hydrogen) atoms. The topological polar surface area (TPSA) is 75.3 Å². The first kappa shape index (κ1) is 16.4. The summed E-state index contributed by atoms with van der Waals surface area (Å²) >= 11 is 0. The minimum atomic E-state index is -3.50. The number of nitrogens with one attached hydrogen (secondary N) is 2. The predicted molar refractivity (Wildman–Crippen MR) is 84.1 cm³/mol. The van der Waals surface area contributed by atoms with E-state index in [4.69, 9.17) is 0 Å². The molecule has 1 aromatic rings. The van der Waals surface area contributed by atoms with Gasteiger partial charge in [-0.25, -0.2) is 12.8 Å². The molecule has 1 aliphatic carbocycles. The van der Waals surface area contributed by atoms with E-state index >= 15 is 0 Å². The summed E-state index contributed by atoms with van der Waals surface area (Å²) in [6.07, 6.45) is 2.93. The third-order valence-corrected chi connectivity index (χ3v) is 6.68. The first-order valence-electron chi connectivity index (χ1n) is 7.90. The highest BCUT2D eigenvalue weighted by Crippen LogP contribution is 2.58. The summed E-state index contributed by atoms with van der Waals surface area (Å²) in [7, 11) is -3.50. The van der Waals surface area contributed by atoms with Crippen LogP contribution in [0.25, 0.3) is 0 Å². The number of hydrogen-bond acceptors (Lipinski definition) is 4. The number of sulfone groups is 1. The fraction of sp³-hybridized carbons (Fsp3) is 0.562. The highest BCUT2D eigenvalue weighted by atomic mass is 32.2. The molecular formula is C16H21FN2O3S. The van der Waals surface area contributed by atoms with Crippen LogP contribution in [-0.2, 0) is 14.6 Å². The molecule has 5 nitrogen and oxygen atoms in total. The molecule has 3 rings (SSSR count). The van der Waals surface area contributed by atoms with Crippen molar-refractivity contribution >= 4 is 15.7 Å². The van der Waals surface area contributed by atoms with Crippen molar-refractivity contribution in [3.05, 3.63) is 30.1 Å². The average Bonchev–Trinajstić information content (AvgIpc) is 3.21. The van der Waals surface area contributed by atoms with Crippen molar-refractivity contribution in [2.75, 3.05) is 25.4 Å². The second-order valence-corrected chi connectivity index (χ2v) is 8.54. The van der Waals surface area contributed by atoms with Crippen molar-refractivity contribution < 1.29 is 17.6 Å². The maximum atomic E-state index is 12.8. The smallest absolute Gasteiger partial charge is 0.223 e. The lowest BCUT2D eigenvalue weighted by molar-refractivity contribution is -0.123. The van der Waals surface area contributed by atoms with Crippen LogP contribution in [0.5, 0.6) is 0 Å². The van der Waals surface area contributed by atoms with Gasteiger partial charge in [-0.3, -0.25) is 4.79 Å². The highest BCUT2D eigenvalue weighted by molar-refractivity contribution is 7.91. The largest absolute Gasteiger partial charge is 0.355 e. The number of carbonyl (C=O) groups excluding carboxylic acids is 1. The number of rotatable bonds is 5. The van der Waals surface area contributed by atoms with E-state index in [-0.39, 0.29) is 34.4 Å². The molecule has 2 aliphatic rings. The molecule has 1 amide bonds. The lowest BCUT2D eigenvalue weighted by atomic mass is 9.92. The maximum absolute atomic E-state index is 12.8. The van der Waals surface area contributed by atoms with Gasteiger partial charge in [0.05, 0.1) is 10.6 Å². The van der Waals surface area contributed by atoms with Crippen molar-refractivity contribution in [1.29, 1.82) is 0 Å². The summed E-state index contributed by atoms with van der Waals surface area (Å²) in [5, 5.41) is 6.03. The molecule has 1 unspecified atom stereocenters. The van der Waals surface area contributed by atoms with Gasteiger partial charge in [0.1, 0.15) is 5.82 Å². The zero-order chi connectivity index (χ0) is 16.5. The molecule has 1 aliphatic heterocycles. The summed E-state index contributed by atoms with van der Waals surface area (Å²) < 4.78 is 37.1. The summed E-state index contributed by atoms with van der Waals surface area (Å²) in [6.45, 7) is 1.98. The molecular weight excluding hydrogens is 319 g/mol. The molecule has 2 N–H and O–H groups in total. The number of piperidine rings is 1. The second kappa shape index (κ2) is 6.20. The Hall–Kier alpha value is -1.47. The Morgan fingerprint density at radius 3 is 2.57 bits per heavy atom. The van der Waals surface area contributed by atoms with Crippen LogP contribution in [0.1, 0.15) is 19.3 Å². The molecule has 0 radical (unpaired) electrons.